The third-order valence-electron chi connectivity index (χ3n) is 5.52. The molecule has 6 heteroatoms. The summed E-state index contributed by atoms with van der Waals surface area (Å²) in [7, 11) is 3.02. The molecule has 1 amide bonds. The van der Waals surface area contributed by atoms with Gasteiger partial charge in [-0.3, -0.25) is 4.79 Å². The number of rotatable bonds is 5. The van der Waals surface area contributed by atoms with E-state index in [0.29, 0.717) is 23.5 Å². The Morgan fingerprint density at radius 3 is 2.62 bits per heavy atom. The lowest BCUT2D eigenvalue weighted by Crippen LogP contribution is -2.50. The molecular formula is C20H27NO5. The Morgan fingerprint density at radius 1 is 1.08 bits per heavy atom. The van der Waals surface area contributed by atoms with Crippen LogP contribution in [0.2, 0.25) is 0 Å². The van der Waals surface area contributed by atoms with Crippen LogP contribution in [0.4, 0.5) is 0 Å². The summed E-state index contributed by atoms with van der Waals surface area (Å²) in [5.41, 5.74) is 0.287. The summed E-state index contributed by atoms with van der Waals surface area (Å²) in [4.78, 5) is 27.0. The zero-order chi connectivity index (χ0) is 18.5. The highest BCUT2D eigenvalue weighted by molar-refractivity contribution is 5.94. The average Bonchev–Trinajstić information content (AvgIpc) is 2.70. The van der Waals surface area contributed by atoms with Crippen LogP contribution in [0, 0.1) is 5.92 Å². The summed E-state index contributed by atoms with van der Waals surface area (Å²) in [5.74, 6) is 0.912. The number of carbonyl (C=O) groups is 2. The molecule has 2 atom stereocenters. The van der Waals surface area contributed by atoms with Crippen LogP contribution in [0.1, 0.15) is 48.9 Å². The van der Waals surface area contributed by atoms with Crippen LogP contribution in [-0.2, 0) is 9.53 Å². The number of nitrogens with zero attached hydrogens (tertiary/aromatic N) is 1. The Bertz CT molecular complexity index is 658. The van der Waals surface area contributed by atoms with Gasteiger partial charge < -0.3 is 19.1 Å². The SMILES string of the molecule is COc1ccc(C(=O)OCC(=O)N2CCC[C@@H]3CCCC[C@@H]32)c(OC)c1. The number of amides is 1. The van der Waals surface area contributed by atoms with E-state index in [1.165, 1.54) is 32.8 Å². The van der Waals surface area contributed by atoms with Crippen molar-refractivity contribution in [3.8, 4) is 11.5 Å². The van der Waals surface area contributed by atoms with E-state index >= 15 is 0 Å². The van der Waals surface area contributed by atoms with Gasteiger partial charge in [-0.15, -0.1) is 0 Å². The van der Waals surface area contributed by atoms with Crippen molar-refractivity contribution in [3.63, 3.8) is 0 Å². The maximum absolute atomic E-state index is 12.6. The van der Waals surface area contributed by atoms with Crippen molar-refractivity contribution in [1.82, 2.24) is 4.90 Å². The lowest BCUT2D eigenvalue weighted by molar-refractivity contribution is -0.140. The van der Waals surface area contributed by atoms with Crippen LogP contribution >= 0.6 is 0 Å². The van der Waals surface area contributed by atoms with Crippen molar-refractivity contribution in [2.45, 2.75) is 44.6 Å². The number of hydrogen-bond donors (Lipinski definition) is 0. The van der Waals surface area contributed by atoms with E-state index in [4.69, 9.17) is 14.2 Å². The molecule has 1 saturated heterocycles. The van der Waals surface area contributed by atoms with Crippen molar-refractivity contribution < 1.29 is 23.8 Å². The second-order valence-corrected chi connectivity index (χ2v) is 6.98. The largest absolute Gasteiger partial charge is 0.497 e. The van der Waals surface area contributed by atoms with Crippen LogP contribution in [0.15, 0.2) is 18.2 Å². The minimum absolute atomic E-state index is 0.0950. The first-order chi connectivity index (χ1) is 12.6. The van der Waals surface area contributed by atoms with E-state index in [1.54, 1.807) is 25.3 Å². The van der Waals surface area contributed by atoms with Gasteiger partial charge in [-0.2, -0.15) is 0 Å². The van der Waals surface area contributed by atoms with E-state index in [2.05, 4.69) is 0 Å². The summed E-state index contributed by atoms with van der Waals surface area (Å²) in [6, 6.07) is 5.19. The molecule has 3 rings (SSSR count). The van der Waals surface area contributed by atoms with Gasteiger partial charge in [-0.05, 0) is 43.7 Å². The molecular weight excluding hydrogens is 334 g/mol. The molecule has 0 N–H and O–H groups in total. The summed E-state index contributed by atoms with van der Waals surface area (Å²) in [6.45, 7) is 0.542. The first-order valence-corrected chi connectivity index (χ1v) is 9.32. The lowest BCUT2D eigenvalue weighted by atomic mass is 9.78. The van der Waals surface area contributed by atoms with Crippen molar-refractivity contribution in [3.05, 3.63) is 23.8 Å². The highest BCUT2D eigenvalue weighted by atomic mass is 16.5. The molecule has 0 unspecified atom stereocenters. The van der Waals surface area contributed by atoms with Gasteiger partial charge in [0, 0.05) is 18.7 Å². The molecule has 1 aliphatic heterocycles. The summed E-state index contributed by atoms with van der Waals surface area (Å²) < 4.78 is 15.6. The minimum atomic E-state index is -0.560. The van der Waals surface area contributed by atoms with Crippen LogP contribution in [0.25, 0.3) is 0 Å². The Morgan fingerprint density at radius 2 is 1.85 bits per heavy atom. The van der Waals surface area contributed by atoms with Gasteiger partial charge in [0.2, 0.25) is 0 Å². The second kappa shape index (κ2) is 8.43. The number of methoxy groups -OCH3 is 2. The molecule has 26 heavy (non-hydrogen) atoms. The van der Waals surface area contributed by atoms with Crippen LogP contribution in [-0.4, -0.2) is 50.2 Å². The van der Waals surface area contributed by atoms with Gasteiger partial charge in [0.05, 0.1) is 14.2 Å². The zero-order valence-corrected chi connectivity index (χ0v) is 15.5. The summed E-state index contributed by atoms with van der Waals surface area (Å²) in [5, 5.41) is 0. The van der Waals surface area contributed by atoms with E-state index in [0.717, 1.165) is 19.4 Å². The van der Waals surface area contributed by atoms with Crippen molar-refractivity contribution >= 4 is 11.9 Å². The molecule has 0 aromatic heterocycles. The molecule has 2 fully saturated rings. The number of benzene rings is 1. The highest BCUT2D eigenvalue weighted by Gasteiger charge is 2.35. The monoisotopic (exact) mass is 361 g/mol. The average molecular weight is 361 g/mol. The number of hydrogen-bond acceptors (Lipinski definition) is 5. The number of piperidine rings is 1. The standard InChI is InChI=1S/C20H27NO5/c1-24-15-9-10-16(18(12-15)25-2)20(23)26-13-19(22)21-11-5-7-14-6-3-4-8-17(14)21/h9-10,12,14,17H,3-8,11,13H2,1-2H3/t14-,17-/m0/s1. The molecule has 0 radical (unpaired) electrons. The molecule has 6 nitrogen and oxygen atoms in total. The number of esters is 1. The molecule has 1 aromatic rings. The zero-order valence-electron chi connectivity index (χ0n) is 15.5. The van der Waals surface area contributed by atoms with E-state index in [1.807, 2.05) is 4.90 Å². The Kier molecular flexibility index (Phi) is 6.01. The molecule has 2 aliphatic rings. The normalized spacial score (nSPS) is 22.3. The maximum atomic E-state index is 12.6. The maximum Gasteiger partial charge on any atom is 0.342 e. The van der Waals surface area contributed by atoms with E-state index < -0.39 is 5.97 Å². The second-order valence-electron chi connectivity index (χ2n) is 6.98. The van der Waals surface area contributed by atoms with Gasteiger partial charge >= 0.3 is 5.97 Å². The van der Waals surface area contributed by atoms with Crippen LogP contribution in [0.5, 0.6) is 11.5 Å². The van der Waals surface area contributed by atoms with E-state index in [-0.39, 0.29) is 18.1 Å². The molecule has 0 bridgehead atoms. The molecule has 1 heterocycles. The predicted molar refractivity (Wildman–Crippen MR) is 96.5 cm³/mol. The van der Waals surface area contributed by atoms with Crippen molar-refractivity contribution in [2.24, 2.45) is 5.92 Å². The minimum Gasteiger partial charge on any atom is -0.497 e. The third-order valence-corrected chi connectivity index (χ3v) is 5.52. The van der Waals surface area contributed by atoms with Gasteiger partial charge in [0.25, 0.3) is 5.91 Å². The van der Waals surface area contributed by atoms with Gasteiger partial charge in [0.1, 0.15) is 17.1 Å². The molecule has 1 saturated carbocycles. The highest BCUT2D eigenvalue weighted by Crippen LogP contribution is 2.35. The van der Waals surface area contributed by atoms with E-state index in [9.17, 15) is 9.59 Å². The first-order valence-electron chi connectivity index (χ1n) is 9.32. The van der Waals surface area contributed by atoms with Crippen LogP contribution in [0.3, 0.4) is 0 Å². The third kappa shape index (κ3) is 3.94. The topological polar surface area (TPSA) is 65.1 Å². The number of likely N-dealkylation sites (tertiary alicyclic amines) is 1. The van der Waals surface area contributed by atoms with Crippen molar-refractivity contribution in [1.29, 1.82) is 0 Å². The number of fused-ring (bicyclic) bond motifs is 1. The number of ether oxygens (including phenoxy) is 3. The van der Waals surface area contributed by atoms with Crippen molar-refractivity contribution in [2.75, 3.05) is 27.4 Å². The Balaban J connectivity index is 1.61. The smallest absolute Gasteiger partial charge is 0.342 e. The molecule has 0 spiro atoms. The molecule has 1 aromatic carbocycles. The fourth-order valence-corrected chi connectivity index (χ4v) is 4.19. The quantitative estimate of drug-likeness (QED) is 0.754. The fraction of sp³-hybridized carbons (Fsp3) is 0.600. The molecule has 1 aliphatic carbocycles. The Labute approximate surface area is 154 Å². The summed E-state index contributed by atoms with van der Waals surface area (Å²) in [6.07, 6.45) is 6.95. The van der Waals surface area contributed by atoms with Gasteiger partial charge in [-0.25, -0.2) is 4.79 Å². The summed E-state index contributed by atoms with van der Waals surface area (Å²) >= 11 is 0. The van der Waals surface area contributed by atoms with Crippen LogP contribution < -0.4 is 9.47 Å². The lowest BCUT2D eigenvalue weighted by Gasteiger charge is -2.44. The molecule has 142 valence electrons. The van der Waals surface area contributed by atoms with Gasteiger partial charge in [0.15, 0.2) is 6.61 Å². The predicted octanol–water partition coefficient (Wildman–Crippen LogP) is 3.04. The number of carbonyl (C=O) groups excluding carboxylic acids is 2. The first kappa shape index (κ1) is 18.5. The fourth-order valence-electron chi connectivity index (χ4n) is 4.19. The Hall–Kier alpha value is -2.24. The van der Waals surface area contributed by atoms with Gasteiger partial charge in [-0.1, -0.05) is 12.8 Å².